The average Bonchev–Trinajstić information content (AvgIpc) is 2.39. The lowest BCUT2D eigenvalue weighted by atomic mass is 9.95. The second kappa shape index (κ2) is 7.49. The molecular weight excluding hydrogens is 258 g/mol. The number of likely N-dealkylation sites (N-methyl/N-ethyl adjacent to an activating group) is 1. The van der Waals surface area contributed by atoms with Crippen molar-refractivity contribution in [3.8, 4) is 6.07 Å². The van der Waals surface area contributed by atoms with Crippen molar-refractivity contribution in [2.24, 2.45) is 5.73 Å². The first-order valence-electron chi connectivity index (χ1n) is 6.61. The predicted octanol–water partition coefficient (Wildman–Crippen LogP) is 3.35. The Kier molecular flexibility index (Phi) is 6.30. The summed E-state index contributed by atoms with van der Waals surface area (Å²) in [5.41, 5.74) is 7.37. The van der Waals surface area contributed by atoms with Crippen LogP contribution in [0.1, 0.15) is 38.3 Å². The molecular formula is C15H22ClN3. The average molecular weight is 280 g/mol. The van der Waals surface area contributed by atoms with Crippen molar-refractivity contribution < 1.29 is 0 Å². The van der Waals surface area contributed by atoms with Gasteiger partial charge in [0.15, 0.2) is 0 Å². The molecule has 0 amide bonds. The molecule has 19 heavy (non-hydrogen) atoms. The molecule has 104 valence electrons. The van der Waals surface area contributed by atoms with Crippen molar-refractivity contribution in [2.45, 2.75) is 44.8 Å². The Hall–Kier alpha value is -1.08. The lowest BCUT2D eigenvalue weighted by molar-refractivity contribution is 0.160. The predicted molar refractivity (Wildman–Crippen MR) is 79.9 cm³/mol. The third kappa shape index (κ3) is 4.21. The van der Waals surface area contributed by atoms with Crippen LogP contribution in [0.2, 0.25) is 5.02 Å². The molecule has 0 radical (unpaired) electrons. The Balaban J connectivity index is 3.05. The van der Waals surface area contributed by atoms with E-state index in [1.54, 1.807) is 0 Å². The van der Waals surface area contributed by atoms with Crippen LogP contribution >= 0.6 is 11.6 Å². The van der Waals surface area contributed by atoms with Crippen LogP contribution in [0, 0.1) is 11.3 Å². The zero-order chi connectivity index (χ0) is 14.4. The molecule has 0 heterocycles. The molecule has 1 aromatic rings. The highest BCUT2D eigenvalue weighted by atomic mass is 35.5. The molecule has 0 aliphatic rings. The van der Waals surface area contributed by atoms with E-state index in [0.29, 0.717) is 11.4 Å². The van der Waals surface area contributed by atoms with Gasteiger partial charge in [-0.2, -0.15) is 5.26 Å². The van der Waals surface area contributed by atoms with E-state index < -0.39 is 0 Å². The Morgan fingerprint density at radius 3 is 2.68 bits per heavy atom. The number of hydrogen-bond acceptors (Lipinski definition) is 3. The number of nitrogens with zero attached hydrogens (tertiary/aromatic N) is 2. The van der Waals surface area contributed by atoms with Crippen molar-refractivity contribution in [2.75, 3.05) is 7.05 Å². The SMILES string of the molecule is CCC(N)C(c1cccc(Cl)c1)N(C)C(C)CC#N. The lowest BCUT2D eigenvalue weighted by Gasteiger charge is -2.36. The maximum Gasteiger partial charge on any atom is 0.0638 e. The third-order valence-electron chi connectivity index (χ3n) is 3.59. The standard InChI is InChI=1S/C15H22ClN3/c1-4-14(18)15(19(3)11(2)8-9-17)12-6-5-7-13(16)10-12/h5-7,10-11,14-15H,4,8,18H2,1-3H3. The highest BCUT2D eigenvalue weighted by Crippen LogP contribution is 2.28. The van der Waals surface area contributed by atoms with Crippen LogP contribution < -0.4 is 5.73 Å². The summed E-state index contributed by atoms with van der Waals surface area (Å²) < 4.78 is 0. The summed E-state index contributed by atoms with van der Waals surface area (Å²) in [5, 5.41) is 9.56. The van der Waals surface area contributed by atoms with Crippen molar-refractivity contribution >= 4 is 11.6 Å². The highest BCUT2D eigenvalue weighted by molar-refractivity contribution is 6.30. The van der Waals surface area contributed by atoms with E-state index in [2.05, 4.69) is 17.9 Å². The molecule has 2 N–H and O–H groups in total. The molecule has 0 saturated heterocycles. The van der Waals surface area contributed by atoms with Crippen LogP contribution in [0.25, 0.3) is 0 Å². The van der Waals surface area contributed by atoms with Gasteiger partial charge < -0.3 is 5.73 Å². The first-order chi connectivity index (χ1) is 9.01. The number of nitriles is 1. The number of halogens is 1. The number of hydrogen-bond donors (Lipinski definition) is 1. The van der Waals surface area contributed by atoms with Gasteiger partial charge >= 0.3 is 0 Å². The Labute approximate surface area is 121 Å². The topological polar surface area (TPSA) is 53.0 Å². The lowest BCUT2D eigenvalue weighted by Crippen LogP contribution is -2.42. The van der Waals surface area contributed by atoms with Crippen LogP contribution in [-0.4, -0.2) is 24.0 Å². The van der Waals surface area contributed by atoms with Gasteiger partial charge in [0, 0.05) is 23.1 Å². The second-order valence-corrected chi connectivity index (χ2v) is 5.39. The molecule has 0 aromatic heterocycles. The van der Waals surface area contributed by atoms with Crippen LogP contribution in [-0.2, 0) is 0 Å². The molecule has 0 aliphatic heterocycles. The van der Waals surface area contributed by atoms with Gasteiger partial charge in [-0.1, -0.05) is 30.7 Å². The molecule has 1 aromatic carbocycles. The van der Waals surface area contributed by atoms with Gasteiger partial charge in [-0.05, 0) is 38.1 Å². The van der Waals surface area contributed by atoms with Gasteiger partial charge in [0.2, 0.25) is 0 Å². The highest BCUT2D eigenvalue weighted by Gasteiger charge is 2.26. The molecule has 3 unspecified atom stereocenters. The fourth-order valence-corrected chi connectivity index (χ4v) is 2.45. The summed E-state index contributed by atoms with van der Waals surface area (Å²) in [7, 11) is 2.02. The maximum atomic E-state index is 8.85. The fourth-order valence-electron chi connectivity index (χ4n) is 2.25. The Morgan fingerprint density at radius 1 is 1.47 bits per heavy atom. The summed E-state index contributed by atoms with van der Waals surface area (Å²) in [6, 6.07) is 10.3. The van der Waals surface area contributed by atoms with E-state index in [1.807, 2.05) is 38.2 Å². The minimum Gasteiger partial charge on any atom is -0.326 e. The molecule has 0 aliphatic carbocycles. The first-order valence-corrected chi connectivity index (χ1v) is 6.99. The smallest absolute Gasteiger partial charge is 0.0638 e. The largest absolute Gasteiger partial charge is 0.326 e. The van der Waals surface area contributed by atoms with Crippen LogP contribution in [0.5, 0.6) is 0 Å². The summed E-state index contributed by atoms with van der Waals surface area (Å²) in [4.78, 5) is 2.17. The third-order valence-corrected chi connectivity index (χ3v) is 3.82. The van der Waals surface area contributed by atoms with Crippen LogP contribution in [0.15, 0.2) is 24.3 Å². The van der Waals surface area contributed by atoms with E-state index in [1.165, 1.54) is 0 Å². The van der Waals surface area contributed by atoms with E-state index in [-0.39, 0.29) is 18.1 Å². The zero-order valence-electron chi connectivity index (χ0n) is 11.8. The minimum absolute atomic E-state index is 0.0182. The van der Waals surface area contributed by atoms with Gasteiger partial charge in [0.25, 0.3) is 0 Å². The molecule has 3 nitrogen and oxygen atoms in total. The molecule has 0 saturated carbocycles. The van der Waals surface area contributed by atoms with E-state index >= 15 is 0 Å². The molecule has 0 spiro atoms. The van der Waals surface area contributed by atoms with Gasteiger partial charge in [-0.15, -0.1) is 0 Å². The van der Waals surface area contributed by atoms with Crippen molar-refractivity contribution in [3.05, 3.63) is 34.9 Å². The number of benzene rings is 1. The normalized spacial score (nSPS) is 15.8. The summed E-state index contributed by atoms with van der Waals surface area (Å²) in [6.07, 6.45) is 1.37. The first kappa shape index (κ1) is 16.0. The summed E-state index contributed by atoms with van der Waals surface area (Å²) >= 11 is 6.07. The van der Waals surface area contributed by atoms with Gasteiger partial charge in [0.05, 0.1) is 12.5 Å². The van der Waals surface area contributed by atoms with Crippen molar-refractivity contribution in [1.82, 2.24) is 4.90 Å². The second-order valence-electron chi connectivity index (χ2n) is 4.95. The van der Waals surface area contributed by atoms with E-state index in [4.69, 9.17) is 22.6 Å². The fraction of sp³-hybridized carbons (Fsp3) is 0.533. The van der Waals surface area contributed by atoms with Gasteiger partial charge in [-0.3, -0.25) is 4.90 Å². The Morgan fingerprint density at radius 2 is 2.16 bits per heavy atom. The molecule has 0 bridgehead atoms. The van der Waals surface area contributed by atoms with Crippen molar-refractivity contribution in [3.63, 3.8) is 0 Å². The van der Waals surface area contributed by atoms with Gasteiger partial charge in [0.1, 0.15) is 0 Å². The van der Waals surface area contributed by atoms with Crippen molar-refractivity contribution in [1.29, 1.82) is 5.26 Å². The summed E-state index contributed by atoms with van der Waals surface area (Å²) in [5.74, 6) is 0. The van der Waals surface area contributed by atoms with Gasteiger partial charge in [-0.25, -0.2) is 0 Å². The Bertz CT molecular complexity index is 441. The molecule has 0 fully saturated rings. The zero-order valence-corrected chi connectivity index (χ0v) is 12.6. The van der Waals surface area contributed by atoms with Crippen LogP contribution in [0.4, 0.5) is 0 Å². The maximum absolute atomic E-state index is 8.85. The van der Waals surface area contributed by atoms with Crippen LogP contribution in [0.3, 0.4) is 0 Å². The minimum atomic E-state index is 0.0182. The molecule has 3 atom stereocenters. The number of rotatable bonds is 6. The summed E-state index contributed by atoms with van der Waals surface area (Å²) in [6.45, 7) is 4.12. The number of nitrogens with two attached hydrogens (primary N) is 1. The monoisotopic (exact) mass is 279 g/mol. The van der Waals surface area contributed by atoms with E-state index in [0.717, 1.165) is 12.0 Å². The quantitative estimate of drug-likeness (QED) is 0.869. The van der Waals surface area contributed by atoms with E-state index in [9.17, 15) is 0 Å². The molecule has 4 heteroatoms. The molecule has 1 rings (SSSR count).